The Labute approximate surface area is 113 Å². The van der Waals surface area contributed by atoms with Crippen molar-refractivity contribution >= 4 is 23.8 Å². The molecule has 0 saturated carbocycles. The van der Waals surface area contributed by atoms with E-state index in [1.807, 2.05) is 13.2 Å². The Morgan fingerprint density at radius 2 is 2.00 bits per heavy atom. The normalized spacial score (nSPS) is 13.7. The second kappa shape index (κ2) is 9.08. The molecule has 106 valence electrons. The van der Waals surface area contributed by atoms with Gasteiger partial charge in [-0.2, -0.15) is 11.8 Å². The molecule has 1 atom stereocenters. The molecule has 1 unspecified atom stereocenters. The molecule has 0 fully saturated rings. The van der Waals surface area contributed by atoms with Gasteiger partial charge in [0.05, 0.1) is 0 Å². The SMILES string of the molecule is CCCC(C)(NC(=O)NCCCCSC)C(=O)O. The molecule has 2 amide bonds. The van der Waals surface area contributed by atoms with Gasteiger partial charge in [0.15, 0.2) is 0 Å². The molecule has 0 aromatic heterocycles. The quantitative estimate of drug-likeness (QED) is 0.563. The van der Waals surface area contributed by atoms with Crippen LogP contribution in [0.4, 0.5) is 4.79 Å². The predicted octanol–water partition coefficient (Wildman–Crippen LogP) is 2.07. The van der Waals surface area contributed by atoms with Gasteiger partial charge in [-0.05, 0) is 38.2 Å². The van der Waals surface area contributed by atoms with Crippen LogP contribution in [-0.2, 0) is 4.79 Å². The van der Waals surface area contributed by atoms with E-state index >= 15 is 0 Å². The van der Waals surface area contributed by atoms with Crippen LogP contribution < -0.4 is 10.6 Å². The Hall–Kier alpha value is -0.910. The molecule has 5 nitrogen and oxygen atoms in total. The highest BCUT2D eigenvalue weighted by Gasteiger charge is 2.33. The lowest BCUT2D eigenvalue weighted by Crippen LogP contribution is -2.55. The summed E-state index contributed by atoms with van der Waals surface area (Å²) in [6, 6.07) is -0.405. The molecule has 0 radical (unpaired) electrons. The van der Waals surface area contributed by atoms with Crippen LogP contribution >= 0.6 is 11.8 Å². The average molecular weight is 276 g/mol. The lowest BCUT2D eigenvalue weighted by Gasteiger charge is -2.25. The Morgan fingerprint density at radius 1 is 1.33 bits per heavy atom. The fraction of sp³-hybridized carbons (Fsp3) is 0.833. The first-order valence-electron chi connectivity index (χ1n) is 6.24. The molecular weight excluding hydrogens is 252 g/mol. The molecule has 0 aliphatic rings. The van der Waals surface area contributed by atoms with Gasteiger partial charge in [0.25, 0.3) is 0 Å². The zero-order valence-corrected chi connectivity index (χ0v) is 12.2. The van der Waals surface area contributed by atoms with Crippen LogP contribution in [0, 0.1) is 0 Å². The number of carboxylic acids is 1. The maximum Gasteiger partial charge on any atom is 0.329 e. The van der Waals surface area contributed by atoms with Crippen LogP contribution in [-0.4, -0.2) is 41.2 Å². The van der Waals surface area contributed by atoms with Crippen molar-refractivity contribution in [2.24, 2.45) is 0 Å². The number of unbranched alkanes of at least 4 members (excludes halogenated alkanes) is 1. The number of urea groups is 1. The van der Waals surface area contributed by atoms with Gasteiger partial charge in [-0.15, -0.1) is 0 Å². The summed E-state index contributed by atoms with van der Waals surface area (Å²) < 4.78 is 0. The fourth-order valence-corrected chi connectivity index (χ4v) is 2.08. The summed E-state index contributed by atoms with van der Waals surface area (Å²) in [5.74, 6) is 0.0771. The summed E-state index contributed by atoms with van der Waals surface area (Å²) in [5, 5.41) is 14.3. The van der Waals surface area contributed by atoms with Crippen molar-refractivity contribution in [3.05, 3.63) is 0 Å². The molecular formula is C12H24N2O3S. The van der Waals surface area contributed by atoms with Gasteiger partial charge in [0.1, 0.15) is 5.54 Å². The molecule has 3 N–H and O–H groups in total. The second-order valence-corrected chi connectivity index (χ2v) is 5.45. The van der Waals surface area contributed by atoms with E-state index in [1.54, 1.807) is 11.8 Å². The summed E-state index contributed by atoms with van der Waals surface area (Å²) in [6.45, 7) is 4.00. The summed E-state index contributed by atoms with van der Waals surface area (Å²) in [7, 11) is 0. The van der Waals surface area contributed by atoms with Gasteiger partial charge < -0.3 is 15.7 Å². The Morgan fingerprint density at radius 3 is 2.50 bits per heavy atom. The minimum Gasteiger partial charge on any atom is -0.480 e. The van der Waals surface area contributed by atoms with Crippen molar-refractivity contribution in [2.45, 2.75) is 45.1 Å². The molecule has 0 aliphatic carbocycles. The van der Waals surface area contributed by atoms with Crippen molar-refractivity contribution in [3.8, 4) is 0 Å². The molecule has 0 saturated heterocycles. The lowest BCUT2D eigenvalue weighted by atomic mass is 9.97. The molecule has 0 spiro atoms. The van der Waals surface area contributed by atoms with E-state index in [9.17, 15) is 9.59 Å². The van der Waals surface area contributed by atoms with Crippen LogP contribution in [0.2, 0.25) is 0 Å². The first-order valence-corrected chi connectivity index (χ1v) is 7.64. The van der Waals surface area contributed by atoms with E-state index in [2.05, 4.69) is 10.6 Å². The first kappa shape index (κ1) is 17.1. The van der Waals surface area contributed by atoms with Crippen molar-refractivity contribution in [1.29, 1.82) is 0 Å². The van der Waals surface area contributed by atoms with Gasteiger partial charge in [-0.1, -0.05) is 13.3 Å². The van der Waals surface area contributed by atoms with Crippen molar-refractivity contribution < 1.29 is 14.7 Å². The van der Waals surface area contributed by atoms with Crippen molar-refractivity contribution in [3.63, 3.8) is 0 Å². The number of nitrogens with one attached hydrogen (secondary N) is 2. The molecule has 0 rings (SSSR count). The number of aliphatic carboxylic acids is 1. The Balaban J connectivity index is 4.00. The van der Waals surface area contributed by atoms with Gasteiger partial charge in [-0.3, -0.25) is 0 Å². The number of carbonyl (C=O) groups is 2. The summed E-state index contributed by atoms with van der Waals surface area (Å²) in [6.07, 6.45) is 5.13. The molecule has 18 heavy (non-hydrogen) atoms. The predicted molar refractivity (Wildman–Crippen MR) is 75.1 cm³/mol. The average Bonchev–Trinajstić information content (AvgIpc) is 2.28. The highest BCUT2D eigenvalue weighted by Crippen LogP contribution is 2.12. The van der Waals surface area contributed by atoms with E-state index < -0.39 is 17.5 Å². The zero-order valence-electron chi connectivity index (χ0n) is 11.4. The second-order valence-electron chi connectivity index (χ2n) is 4.47. The Bertz CT molecular complexity index is 274. The third-order valence-electron chi connectivity index (χ3n) is 2.67. The third kappa shape index (κ3) is 6.74. The van der Waals surface area contributed by atoms with Crippen LogP contribution in [0.25, 0.3) is 0 Å². The highest BCUT2D eigenvalue weighted by molar-refractivity contribution is 7.98. The summed E-state index contributed by atoms with van der Waals surface area (Å²) in [4.78, 5) is 22.7. The number of carbonyl (C=O) groups excluding carboxylic acids is 1. The summed E-state index contributed by atoms with van der Waals surface area (Å²) >= 11 is 1.77. The van der Waals surface area contributed by atoms with Gasteiger partial charge >= 0.3 is 12.0 Å². The van der Waals surface area contributed by atoms with E-state index in [1.165, 1.54) is 6.92 Å². The zero-order chi connectivity index (χ0) is 14.0. The number of hydrogen-bond acceptors (Lipinski definition) is 3. The highest BCUT2D eigenvalue weighted by atomic mass is 32.2. The van der Waals surface area contributed by atoms with Crippen molar-refractivity contribution in [1.82, 2.24) is 10.6 Å². The molecule has 6 heteroatoms. The molecule has 0 heterocycles. The van der Waals surface area contributed by atoms with Crippen LogP contribution in [0.1, 0.15) is 39.5 Å². The van der Waals surface area contributed by atoms with Gasteiger partial charge in [-0.25, -0.2) is 9.59 Å². The monoisotopic (exact) mass is 276 g/mol. The molecule has 0 aromatic carbocycles. The van der Waals surface area contributed by atoms with E-state index in [0.717, 1.165) is 18.6 Å². The number of carboxylic acid groups (broad SMARTS) is 1. The van der Waals surface area contributed by atoms with E-state index in [0.29, 0.717) is 19.4 Å². The Kier molecular flexibility index (Phi) is 8.62. The molecule has 0 aromatic rings. The van der Waals surface area contributed by atoms with Crippen LogP contribution in [0.15, 0.2) is 0 Å². The topological polar surface area (TPSA) is 78.4 Å². The summed E-state index contributed by atoms with van der Waals surface area (Å²) in [5.41, 5.74) is -1.18. The smallest absolute Gasteiger partial charge is 0.329 e. The number of hydrogen-bond donors (Lipinski definition) is 3. The number of thioether (sulfide) groups is 1. The maximum absolute atomic E-state index is 11.6. The number of rotatable bonds is 9. The fourth-order valence-electron chi connectivity index (χ4n) is 1.59. The minimum atomic E-state index is -1.18. The van der Waals surface area contributed by atoms with E-state index in [-0.39, 0.29) is 0 Å². The van der Waals surface area contributed by atoms with Crippen LogP contribution in [0.5, 0.6) is 0 Å². The van der Waals surface area contributed by atoms with Crippen LogP contribution in [0.3, 0.4) is 0 Å². The van der Waals surface area contributed by atoms with E-state index in [4.69, 9.17) is 5.11 Å². The largest absolute Gasteiger partial charge is 0.480 e. The first-order chi connectivity index (χ1) is 8.46. The van der Waals surface area contributed by atoms with Gasteiger partial charge in [0, 0.05) is 6.54 Å². The lowest BCUT2D eigenvalue weighted by molar-refractivity contribution is -0.144. The molecule has 0 bridgehead atoms. The maximum atomic E-state index is 11.6. The van der Waals surface area contributed by atoms with Crippen molar-refractivity contribution in [2.75, 3.05) is 18.6 Å². The van der Waals surface area contributed by atoms with Gasteiger partial charge in [0.2, 0.25) is 0 Å². The number of amides is 2. The molecule has 0 aliphatic heterocycles. The minimum absolute atomic E-state index is 0.405. The third-order valence-corrected chi connectivity index (χ3v) is 3.37. The standard InChI is InChI=1S/C12H24N2O3S/c1-4-7-12(2,10(15)16)14-11(17)13-8-5-6-9-18-3/h4-9H2,1-3H3,(H,15,16)(H2,13,14,17).